The van der Waals surface area contributed by atoms with E-state index in [1.54, 1.807) is 17.7 Å². The fourth-order valence-corrected chi connectivity index (χ4v) is 1.66. The summed E-state index contributed by atoms with van der Waals surface area (Å²) in [6.07, 6.45) is 1.54. The van der Waals surface area contributed by atoms with Crippen LogP contribution in [0.3, 0.4) is 0 Å². The first-order valence-electron chi connectivity index (χ1n) is 4.63. The highest BCUT2D eigenvalue weighted by molar-refractivity contribution is 6.31. The van der Waals surface area contributed by atoms with E-state index < -0.39 is 0 Å². The smallest absolute Gasteiger partial charge is 0.161 e. The first kappa shape index (κ1) is 10.9. The number of aromatic nitrogens is 3. The van der Waals surface area contributed by atoms with Gasteiger partial charge in [0.15, 0.2) is 5.65 Å². The normalized spacial score (nSPS) is 10.6. The zero-order chi connectivity index (χ0) is 11.5. The SMILES string of the molecule is COCc1nc2cc(Cl)cnc2n1CC#N. The molecule has 0 N–H and O–H groups in total. The average molecular weight is 237 g/mol. The molecule has 5 nitrogen and oxygen atoms in total. The molecule has 0 aliphatic carbocycles. The molecular formula is C10H9ClN4O. The molecule has 0 saturated carbocycles. The number of pyridine rings is 1. The predicted octanol–water partition coefficient (Wildman–Crippen LogP) is 1.75. The summed E-state index contributed by atoms with van der Waals surface area (Å²) in [5.74, 6) is 0.675. The third-order valence-corrected chi connectivity index (χ3v) is 2.34. The number of hydrogen-bond acceptors (Lipinski definition) is 4. The molecule has 0 radical (unpaired) electrons. The Morgan fingerprint density at radius 3 is 3.12 bits per heavy atom. The van der Waals surface area contributed by atoms with Crippen LogP contribution < -0.4 is 0 Å². The Kier molecular flexibility index (Phi) is 3.04. The summed E-state index contributed by atoms with van der Waals surface area (Å²) in [5, 5.41) is 9.28. The summed E-state index contributed by atoms with van der Waals surface area (Å²) >= 11 is 5.83. The van der Waals surface area contributed by atoms with Crippen molar-refractivity contribution in [2.24, 2.45) is 0 Å². The molecular weight excluding hydrogens is 228 g/mol. The van der Waals surface area contributed by atoms with Crippen LogP contribution in [0.1, 0.15) is 5.82 Å². The lowest BCUT2D eigenvalue weighted by molar-refractivity contribution is 0.175. The van der Waals surface area contributed by atoms with Crippen LogP contribution >= 0.6 is 11.6 Å². The zero-order valence-electron chi connectivity index (χ0n) is 8.64. The van der Waals surface area contributed by atoms with Gasteiger partial charge < -0.3 is 4.74 Å². The van der Waals surface area contributed by atoms with Crippen molar-refractivity contribution in [2.75, 3.05) is 7.11 Å². The van der Waals surface area contributed by atoms with Crippen LogP contribution in [0.4, 0.5) is 0 Å². The minimum absolute atomic E-state index is 0.198. The van der Waals surface area contributed by atoms with Crippen LogP contribution in [0.5, 0.6) is 0 Å². The zero-order valence-corrected chi connectivity index (χ0v) is 9.40. The monoisotopic (exact) mass is 236 g/mol. The number of nitriles is 1. The highest BCUT2D eigenvalue weighted by Gasteiger charge is 2.11. The maximum Gasteiger partial charge on any atom is 0.161 e. The highest BCUT2D eigenvalue weighted by Crippen LogP contribution is 2.18. The molecule has 0 aromatic carbocycles. The molecule has 0 aliphatic rings. The molecule has 6 heteroatoms. The van der Waals surface area contributed by atoms with Crippen LogP contribution in [0, 0.1) is 11.3 Å². The Labute approximate surface area is 97.2 Å². The molecule has 0 atom stereocenters. The van der Waals surface area contributed by atoms with Crippen LogP contribution in [0.25, 0.3) is 11.2 Å². The molecule has 0 saturated heterocycles. The van der Waals surface area contributed by atoms with Gasteiger partial charge in [0.2, 0.25) is 0 Å². The van der Waals surface area contributed by atoms with Crippen molar-refractivity contribution in [3.8, 4) is 6.07 Å². The first-order valence-corrected chi connectivity index (χ1v) is 5.00. The van der Waals surface area contributed by atoms with Crippen LogP contribution in [0.2, 0.25) is 5.02 Å². The Balaban J connectivity index is 2.61. The topological polar surface area (TPSA) is 63.7 Å². The van der Waals surface area contributed by atoms with Crippen molar-refractivity contribution in [1.29, 1.82) is 5.26 Å². The number of nitrogens with zero attached hydrogens (tertiary/aromatic N) is 4. The quantitative estimate of drug-likeness (QED) is 0.815. The number of hydrogen-bond donors (Lipinski definition) is 0. The fraction of sp³-hybridized carbons (Fsp3) is 0.300. The van der Waals surface area contributed by atoms with E-state index in [4.69, 9.17) is 21.6 Å². The lowest BCUT2D eigenvalue weighted by Gasteiger charge is -2.01. The highest BCUT2D eigenvalue weighted by atomic mass is 35.5. The largest absolute Gasteiger partial charge is 0.377 e. The van der Waals surface area contributed by atoms with Gasteiger partial charge in [-0.25, -0.2) is 9.97 Å². The second kappa shape index (κ2) is 4.47. The number of halogens is 1. The van der Waals surface area contributed by atoms with E-state index >= 15 is 0 Å². The van der Waals surface area contributed by atoms with Gasteiger partial charge in [0.1, 0.15) is 24.5 Å². The lowest BCUT2D eigenvalue weighted by Crippen LogP contribution is -2.04. The molecule has 0 fully saturated rings. The van der Waals surface area contributed by atoms with Crippen molar-refractivity contribution >= 4 is 22.8 Å². The first-order chi connectivity index (χ1) is 7.76. The maximum absolute atomic E-state index is 8.75. The van der Waals surface area contributed by atoms with Gasteiger partial charge in [-0.05, 0) is 6.07 Å². The van der Waals surface area contributed by atoms with Gasteiger partial charge in [-0.3, -0.25) is 4.57 Å². The Bertz CT molecular complexity index is 558. The van der Waals surface area contributed by atoms with Crippen LogP contribution in [0.15, 0.2) is 12.3 Å². The van der Waals surface area contributed by atoms with E-state index in [1.807, 2.05) is 0 Å². The summed E-state index contributed by atoms with van der Waals surface area (Å²) in [6.45, 7) is 0.541. The van der Waals surface area contributed by atoms with E-state index in [0.29, 0.717) is 28.6 Å². The number of imidazole rings is 1. The average Bonchev–Trinajstić information content (AvgIpc) is 2.57. The molecule has 0 spiro atoms. The molecule has 16 heavy (non-hydrogen) atoms. The van der Waals surface area contributed by atoms with Gasteiger partial charge in [0.25, 0.3) is 0 Å². The van der Waals surface area contributed by atoms with Crippen LogP contribution in [-0.2, 0) is 17.9 Å². The second-order valence-electron chi connectivity index (χ2n) is 3.20. The number of rotatable bonds is 3. The molecule has 2 heterocycles. The Morgan fingerprint density at radius 2 is 2.44 bits per heavy atom. The number of ether oxygens (including phenoxy) is 1. The molecule has 0 bridgehead atoms. The molecule has 0 unspecified atom stereocenters. The van der Waals surface area contributed by atoms with Crippen molar-refractivity contribution < 1.29 is 4.74 Å². The van der Waals surface area contributed by atoms with E-state index in [2.05, 4.69) is 16.0 Å². The second-order valence-corrected chi connectivity index (χ2v) is 3.64. The van der Waals surface area contributed by atoms with Gasteiger partial charge in [-0.15, -0.1) is 0 Å². The number of fused-ring (bicyclic) bond motifs is 1. The molecule has 82 valence electrons. The third-order valence-electron chi connectivity index (χ3n) is 2.13. The predicted molar refractivity (Wildman–Crippen MR) is 58.9 cm³/mol. The van der Waals surface area contributed by atoms with Crippen molar-refractivity contribution in [1.82, 2.24) is 14.5 Å². The Hall–Kier alpha value is -1.64. The van der Waals surface area contributed by atoms with Gasteiger partial charge in [-0.1, -0.05) is 11.6 Å². The number of methoxy groups -OCH3 is 1. The minimum atomic E-state index is 0.198. The minimum Gasteiger partial charge on any atom is -0.377 e. The van der Waals surface area contributed by atoms with Crippen molar-refractivity contribution in [3.05, 3.63) is 23.1 Å². The fourth-order valence-electron chi connectivity index (χ4n) is 1.51. The summed E-state index contributed by atoms with van der Waals surface area (Å²) in [6, 6.07) is 3.79. The van der Waals surface area contributed by atoms with E-state index in [1.165, 1.54) is 6.20 Å². The van der Waals surface area contributed by atoms with Crippen LogP contribution in [-0.4, -0.2) is 21.6 Å². The maximum atomic E-state index is 8.75. The van der Waals surface area contributed by atoms with Gasteiger partial charge in [-0.2, -0.15) is 5.26 Å². The Morgan fingerprint density at radius 1 is 1.62 bits per heavy atom. The summed E-state index contributed by atoms with van der Waals surface area (Å²) in [7, 11) is 1.58. The molecule has 0 amide bonds. The van der Waals surface area contributed by atoms with Gasteiger partial charge in [0, 0.05) is 13.3 Å². The van der Waals surface area contributed by atoms with E-state index in [9.17, 15) is 0 Å². The summed E-state index contributed by atoms with van der Waals surface area (Å²) < 4.78 is 6.74. The van der Waals surface area contributed by atoms with Gasteiger partial charge >= 0.3 is 0 Å². The molecule has 2 aromatic heterocycles. The van der Waals surface area contributed by atoms with Crippen molar-refractivity contribution in [2.45, 2.75) is 13.2 Å². The summed E-state index contributed by atoms with van der Waals surface area (Å²) in [5.41, 5.74) is 1.33. The lowest BCUT2D eigenvalue weighted by atomic mass is 10.4. The van der Waals surface area contributed by atoms with Crippen molar-refractivity contribution in [3.63, 3.8) is 0 Å². The summed E-state index contributed by atoms with van der Waals surface area (Å²) in [4.78, 5) is 8.49. The van der Waals surface area contributed by atoms with E-state index in [-0.39, 0.29) is 6.54 Å². The standard InChI is InChI=1S/C10H9ClN4O/c1-16-6-9-14-8-4-7(11)5-13-10(8)15(9)3-2-12/h4-5H,3,6H2,1H3. The molecule has 0 aliphatic heterocycles. The van der Waals surface area contributed by atoms with E-state index in [0.717, 1.165) is 0 Å². The third kappa shape index (κ3) is 1.85. The molecule has 2 aromatic rings. The molecule has 2 rings (SSSR count). The van der Waals surface area contributed by atoms with Gasteiger partial charge in [0.05, 0.1) is 11.1 Å².